The second-order valence-electron chi connectivity index (χ2n) is 25.7. The normalized spacial score (nSPS) is 14.4. The lowest BCUT2D eigenvalue weighted by atomic mass is 9.70. The van der Waals surface area contributed by atoms with Crippen LogP contribution in [0.5, 0.6) is 0 Å². The number of rotatable bonds is 8. The van der Waals surface area contributed by atoms with Gasteiger partial charge in [0.05, 0.1) is 11.1 Å². The molecular weight excluding hydrogens is 1050 g/mol. The van der Waals surface area contributed by atoms with Crippen LogP contribution < -0.4 is 9.80 Å². The number of benzene rings is 13. The Bertz CT molecular complexity index is 4840. The lowest BCUT2D eigenvalue weighted by Crippen LogP contribution is -2.26. The molecule has 0 fully saturated rings. The molecule has 2 heteroatoms. The third-order valence-electron chi connectivity index (χ3n) is 20.2. The van der Waals surface area contributed by atoms with Crippen molar-refractivity contribution in [1.29, 1.82) is 0 Å². The molecule has 13 aromatic carbocycles. The summed E-state index contributed by atoms with van der Waals surface area (Å²) in [5.74, 6) is 0. The van der Waals surface area contributed by atoms with Gasteiger partial charge in [0.25, 0.3) is 0 Å². The predicted molar refractivity (Wildman–Crippen MR) is 365 cm³/mol. The van der Waals surface area contributed by atoms with Gasteiger partial charge in [0.15, 0.2) is 0 Å². The summed E-state index contributed by atoms with van der Waals surface area (Å²) in [4.78, 5) is 5.00. The van der Waals surface area contributed by atoms with Crippen LogP contribution in [0.4, 0.5) is 34.1 Å². The molecule has 0 heterocycles. The first-order chi connectivity index (χ1) is 42.5. The fourth-order valence-electron chi connectivity index (χ4n) is 16.0. The van der Waals surface area contributed by atoms with Crippen molar-refractivity contribution in [3.8, 4) is 66.8 Å². The van der Waals surface area contributed by atoms with E-state index in [9.17, 15) is 0 Å². The molecule has 0 aromatic heterocycles. The summed E-state index contributed by atoms with van der Waals surface area (Å²) in [6.07, 6.45) is 0. The maximum Gasteiger partial charge on any atom is 0.0726 e. The summed E-state index contributed by atoms with van der Waals surface area (Å²) in [5, 5.41) is 2.40. The van der Waals surface area contributed by atoms with Gasteiger partial charge in [0.1, 0.15) is 0 Å². The van der Waals surface area contributed by atoms with Crippen LogP contribution in [0.1, 0.15) is 83.3 Å². The van der Waals surface area contributed by atoms with Crippen LogP contribution in [0.3, 0.4) is 0 Å². The molecule has 0 saturated heterocycles. The van der Waals surface area contributed by atoms with Crippen molar-refractivity contribution < 1.29 is 0 Å². The van der Waals surface area contributed by atoms with Gasteiger partial charge in [-0.25, -0.2) is 0 Å². The lowest BCUT2D eigenvalue weighted by molar-refractivity contribution is 0.659. The summed E-state index contributed by atoms with van der Waals surface area (Å²) in [6.45, 7) is 14.0. The second kappa shape index (κ2) is 18.9. The quantitative estimate of drug-likeness (QED) is 0.150. The average molecular weight is 1110 g/mol. The number of hydrogen-bond acceptors (Lipinski definition) is 2. The van der Waals surface area contributed by atoms with Crippen LogP contribution in [0.2, 0.25) is 0 Å². The largest absolute Gasteiger partial charge is 0.310 e. The topological polar surface area (TPSA) is 6.48 Å². The van der Waals surface area contributed by atoms with E-state index in [1.165, 1.54) is 128 Å². The lowest BCUT2D eigenvalue weighted by Gasteiger charge is -2.32. The van der Waals surface area contributed by atoms with Crippen molar-refractivity contribution in [3.63, 3.8) is 0 Å². The summed E-state index contributed by atoms with van der Waals surface area (Å²) in [7, 11) is 0. The molecule has 414 valence electrons. The monoisotopic (exact) mass is 1110 g/mol. The molecule has 0 N–H and O–H groups in total. The Kier molecular flexibility index (Phi) is 11.1. The van der Waals surface area contributed by atoms with Crippen LogP contribution in [-0.4, -0.2) is 0 Å². The van der Waals surface area contributed by atoms with Crippen LogP contribution in [0.15, 0.2) is 279 Å². The molecule has 4 aliphatic rings. The van der Waals surface area contributed by atoms with E-state index in [1.54, 1.807) is 0 Å². The van der Waals surface area contributed by atoms with Crippen LogP contribution in [0, 0.1) is 13.8 Å². The van der Waals surface area contributed by atoms with Gasteiger partial charge in [0.2, 0.25) is 0 Å². The van der Waals surface area contributed by atoms with E-state index in [0.29, 0.717) is 0 Å². The number of anilines is 6. The fourth-order valence-corrected chi connectivity index (χ4v) is 16.0. The zero-order valence-electron chi connectivity index (χ0n) is 50.0. The molecule has 0 amide bonds. The Morgan fingerprint density at radius 2 is 0.621 bits per heavy atom. The molecule has 0 radical (unpaired) electrons. The molecule has 0 aliphatic heterocycles. The minimum Gasteiger partial charge on any atom is -0.310 e. The van der Waals surface area contributed by atoms with Crippen LogP contribution in [-0.2, 0) is 16.2 Å². The van der Waals surface area contributed by atoms with Crippen molar-refractivity contribution in [3.05, 3.63) is 335 Å². The standard InChI is InChI=1S/C85H64N2/c1-53-31-41-68-70-44-38-60(50-79(70)83(3,4)77(68)47-53)86(61-39-45-71-69-42-32-54(2)48-78(69)84(5,6)80(71)51-61)59-37-43-63(73(49-59)56-19-8-7-9-20-56)57-33-35-58(36-34-57)87(82-30-18-22-55-21-10-11-23-64(55)82)62-40-46-72-67-26-14-17-29-76(67)85(81(72)52-62)74-27-15-12-24-65(74)66-25-13-16-28-75(66)85/h7-52H,1-6H3. The first kappa shape index (κ1) is 51.2. The number of hydrogen-bond donors (Lipinski definition) is 0. The maximum atomic E-state index is 2.51. The minimum atomic E-state index is -0.469. The Balaban J connectivity index is 0.824. The highest BCUT2D eigenvalue weighted by molar-refractivity contribution is 6.02. The van der Waals surface area contributed by atoms with Gasteiger partial charge in [-0.1, -0.05) is 251 Å². The van der Waals surface area contributed by atoms with E-state index in [2.05, 4.69) is 330 Å². The summed E-state index contributed by atoms with van der Waals surface area (Å²) < 4.78 is 0. The van der Waals surface area contributed by atoms with Crippen molar-refractivity contribution in [2.45, 2.75) is 57.8 Å². The highest BCUT2D eigenvalue weighted by Crippen LogP contribution is 2.64. The van der Waals surface area contributed by atoms with Gasteiger partial charge < -0.3 is 9.80 Å². The predicted octanol–water partition coefficient (Wildman–Crippen LogP) is 22.7. The molecular formula is C85H64N2. The van der Waals surface area contributed by atoms with Gasteiger partial charge in [-0.2, -0.15) is 0 Å². The number of fused-ring (bicyclic) bond motifs is 17. The molecule has 17 rings (SSSR count). The van der Waals surface area contributed by atoms with E-state index in [4.69, 9.17) is 0 Å². The van der Waals surface area contributed by atoms with Crippen molar-refractivity contribution in [1.82, 2.24) is 0 Å². The smallest absolute Gasteiger partial charge is 0.0726 e. The zero-order chi connectivity index (χ0) is 58.5. The number of nitrogens with zero attached hydrogens (tertiary/aromatic N) is 2. The van der Waals surface area contributed by atoms with Crippen molar-refractivity contribution in [2.75, 3.05) is 9.80 Å². The summed E-state index contributed by atoms with van der Waals surface area (Å²) in [5.41, 5.74) is 34.5. The summed E-state index contributed by atoms with van der Waals surface area (Å²) >= 11 is 0. The van der Waals surface area contributed by atoms with E-state index >= 15 is 0 Å². The SMILES string of the molecule is Cc1ccc2c(c1)C(C)(C)c1cc(N(c3ccc(-c4ccc(N(c5ccc6c(c5)C5(c7ccccc7-c7ccccc75)c5ccccc5-6)c5cccc6ccccc56)cc4)c(-c4ccccc4)c3)c3ccc4c(c3)C(C)(C)c3cc(C)ccc3-4)ccc1-2. The van der Waals surface area contributed by atoms with Gasteiger partial charge in [-0.3, -0.25) is 0 Å². The third-order valence-corrected chi connectivity index (χ3v) is 20.2. The van der Waals surface area contributed by atoms with Gasteiger partial charge >= 0.3 is 0 Å². The van der Waals surface area contributed by atoms with E-state index in [0.717, 1.165) is 39.7 Å². The van der Waals surface area contributed by atoms with Crippen molar-refractivity contribution >= 4 is 44.9 Å². The Labute approximate surface area is 511 Å². The fraction of sp³-hybridized carbons (Fsp3) is 0.106. The van der Waals surface area contributed by atoms with Gasteiger partial charge in [0, 0.05) is 44.7 Å². The van der Waals surface area contributed by atoms with E-state index < -0.39 is 5.41 Å². The summed E-state index contributed by atoms with van der Waals surface area (Å²) in [6, 6.07) is 106. The zero-order valence-corrected chi connectivity index (χ0v) is 50.0. The minimum absolute atomic E-state index is 0.171. The molecule has 1 spiro atoms. The molecule has 0 unspecified atom stereocenters. The molecule has 2 nitrogen and oxygen atoms in total. The third kappa shape index (κ3) is 7.41. The number of aryl methyl sites for hydroxylation is 2. The Morgan fingerprint density at radius 3 is 1.17 bits per heavy atom. The van der Waals surface area contributed by atoms with Crippen LogP contribution in [0.25, 0.3) is 77.5 Å². The molecule has 0 atom stereocenters. The molecule has 87 heavy (non-hydrogen) atoms. The van der Waals surface area contributed by atoms with E-state index in [1.807, 2.05) is 0 Å². The van der Waals surface area contributed by atoms with E-state index in [-0.39, 0.29) is 10.8 Å². The first-order valence-corrected chi connectivity index (χ1v) is 30.8. The van der Waals surface area contributed by atoms with Crippen LogP contribution >= 0.6 is 0 Å². The Hall–Kier alpha value is -10.3. The van der Waals surface area contributed by atoms with Crippen molar-refractivity contribution in [2.24, 2.45) is 0 Å². The highest BCUT2D eigenvalue weighted by atomic mass is 15.1. The molecule has 13 aromatic rings. The van der Waals surface area contributed by atoms with Gasteiger partial charge in [-0.05, 0) is 197 Å². The maximum absolute atomic E-state index is 2.51. The molecule has 0 bridgehead atoms. The van der Waals surface area contributed by atoms with Gasteiger partial charge in [-0.15, -0.1) is 0 Å². The highest BCUT2D eigenvalue weighted by Gasteiger charge is 2.52. The molecule has 4 aliphatic carbocycles. The second-order valence-corrected chi connectivity index (χ2v) is 25.7. The average Bonchev–Trinajstić information content (AvgIpc) is 1.53. The first-order valence-electron chi connectivity index (χ1n) is 30.8. The molecule has 0 saturated carbocycles. The Morgan fingerprint density at radius 1 is 0.241 bits per heavy atom.